The number of para-hydroxylation sites is 2. The lowest BCUT2D eigenvalue weighted by molar-refractivity contribution is 0.666. The van der Waals surface area contributed by atoms with Crippen LogP contribution in [0.4, 0.5) is 0 Å². The summed E-state index contributed by atoms with van der Waals surface area (Å²) in [7, 11) is 0. The Bertz CT molecular complexity index is 3400. The SMILES string of the molecule is c1ccc2c(c1)ccc1oc3ccc(-c4nc(-n5c6ccccc6c6c7c(ccc65)sc5ccccc57)nc5c4oc4ccccc45)cc3c12. The molecule has 5 heterocycles. The van der Waals surface area contributed by atoms with E-state index in [2.05, 4.69) is 126 Å². The molecule has 0 N–H and O–H groups in total. The highest BCUT2D eigenvalue weighted by atomic mass is 32.1. The average molecular weight is 658 g/mol. The van der Waals surface area contributed by atoms with Gasteiger partial charge in [-0.05, 0) is 71.4 Å². The number of fused-ring (bicyclic) bond motifs is 15. The van der Waals surface area contributed by atoms with Crippen LogP contribution in [0.5, 0.6) is 0 Å². The molecule has 0 aliphatic carbocycles. The first-order valence-corrected chi connectivity index (χ1v) is 17.5. The predicted molar refractivity (Wildman–Crippen MR) is 207 cm³/mol. The lowest BCUT2D eigenvalue weighted by Gasteiger charge is -2.09. The van der Waals surface area contributed by atoms with E-state index >= 15 is 0 Å². The maximum absolute atomic E-state index is 6.58. The Morgan fingerprint density at radius 1 is 0.480 bits per heavy atom. The standard InChI is InChI=1S/C44H23N3O2S/c1-2-10-26-24(9-1)17-21-35-38(26)30-23-25(18-20-34(30)48-35)41-43-42(28-12-4-7-15-33(28)49-43)46-44(45-41)47-31-14-6-3-11-27(31)39-32(47)19-22-37-40(39)29-13-5-8-16-36(29)50-37/h1-23H. The number of nitrogens with zero attached hydrogens (tertiary/aromatic N) is 3. The number of hydrogen-bond donors (Lipinski definition) is 0. The van der Waals surface area contributed by atoms with Crippen molar-refractivity contribution in [3.63, 3.8) is 0 Å². The molecule has 0 aliphatic rings. The molecule has 0 aliphatic heterocycles. The summed E-state index contributed by atoms with van der Waals surface area (Å²) in [5.41, 5.74) is 7.75. The third-order valence-corrected chi connectivity index (χ3v) is 11.4. The first-order chi connectivity index (χ1) is 24.8. The van der Waals surface area contributed by atoms with Gasteiger partial charge in [0, 0.05) is 52.7 Å². The van der Waals surface area contributed by atoms with Crippen LogP contribution in [0.1, 0.15) is 0 Å². The molecule has 0 amide bonds. The summed E-state index contributed by atoms with van der Waals surface area (Å²) in [6, 6.07) is 48.8. The van der Waals surface area contributed by atoms with Crippen LogP contribution in [-0.4, -0.2) is 14.5 Å². The van der Waals surface area contributed by atoms with Crippen molar-refractivity contribution in [2.45, 2.75) is 0 Å². The van der Waals surface area contributed by atoms with E-state index in [9.17, 15) is 0 Å². The van der Waals surface area contributed by atoms with Crippen LogP contribution in [0.15, 0.2) is 148 Å². The van der Waals surface area contributed by atoms with Crippen molar-refractivity contribution in [3.05, 3.63) is 140 Å². The number of rotatable bonds is 2. The minimum atomic E-state index is 0.603. The van der Waals surface area contributed by atoms with Gasteiger partial charge in [-0.3, -0.25) is 4.57 Å². The molecule has 0 fully saturated rings. The highest BCUT2D eigenvalue weighted by Crippen LogP contribution is 2.44. The number of hydrogen-bond acceptors (Lipinski definition) is 5. The second kappa shape index (κ2) is 9.56. The van der Waals surface area contributed by atoms with Crippen LogP contribution in [-0.2, 0) is 0 Å². The van der Waals surface area contributed by atoms with E-state index in [0.29, 0.717) is 11.5 Å². The smallest absolute Gasteiger partial charge is 0.236 e. The van der Waals surface area contributed by atoms with Crippen LogP contribution in [0.3, 0.4) is 0 Å². The van der Waals surface area contributed by atoms with Crippen LogP contribution >= 0.6 is 11.3 Å². The van der Waals surface area contributed by atoms with Crippen molar-refractivity contribution < 1.29 is 8.83 Å². The van der Waals surface area contributed by atoms with E-state index in [-0.39, 0.29) is 0 Å². The van der Waals surface area contributed by atoms with Gasteiger partial charge in [0.25, 0.3) is 0 Å². The zero-order valence-electron chi connectivity index (χ0n) is 26.3. The third kappa shape index (κ3) is 3.45. The number of aromatic nitrogens is 3. The van der Waals surface area contributed by atoms with E-state index in [1.54, 1.807) is 0 Å². The number of furan rings is 2. The van der Waals surface area contributed by atoms with Crippen LogP contribution in [0.25, 0.3) is 114 Å². The van der Waals surface area contributed by atoms with Gasteiger partial charge in [-0.25, -0.2) is 9.97 Å². The minimum Gasteiger partial charge on any atom is -0.456 e. The van der Waals surface area contributed by atoms with Crippen molar-refractivity contribution in [3.8, 4) is 17.2 Å². The Morgan fingerprint density at radius 2 is 1.24 bits per heavy atom. The first-order valence-electron chi connectivity index (χ1n) is 16.7. The summed E-state index contributed by atoms with van der Waals surface area (Å²) in [4.78, 5) is 10.7. The van der Waals surface area contributed by atoms with Crippen LogP contribution < -0.4 is 0 Å². The lowest BCUT2D eigenvalue weighted by atomic mass is 10.0. The molecule has 12 rings (SSSR count). The van der Waals surface area contributed by atoms with Gasteiger partial charge in [-0.15, -0.1) is 11.3 Å². The van der Waals surface area contributed by atoms with Gasteiger partial charge in [0.05, 0.1) is 11.0 Å². The van der Waals surface area contributed by atoms with Gasteiger partial charge in [-0.1, -0.05) is 78.9 Å². The molecule has 0 atom stereocenters. The molecule has 0 spiro atoms. The summed E-state index contributed by atoms with van der Waals surface area (Å²) in [5, 5.41) is 10.4. The molecule has 0 unspecified atom stereocenters. The molecule has 0 saturated heterocycles. The van der Waals surface area contributed by atoms with Gasteiger partial charge < -0.3 is 8.83 Å². The van der Waals surface area contributed by atoms with Gasteiger partial charge in [0.1, 0.15) is 28.0 Å². The normalized spacial score (nSPS) is 12.4. The fourth-order valence-corrected chi connectivity index (χ4v) is 9.17. The topological polar surface area (TPSA) is 57.0 Å². The zero-order chi connectivity index (χ0) is 32.5. The van der Waals surface area contributed by atoms with E-state index in [4.69, 9.17) is 18.8 Å². The first kappa shape index (κ1) is 26.5. The maximum atomic E-state index is 6.58. The van der Waals surface area contributed by atoms with Gasteiger partial charge >= 0.3 is 0 Å². The summed E-state index contributed by atoms with van der Waals surface area (Å²) < 4.78 is 17.7. The molecule has 5 aromatic heterocycles. The minimum absolute atomic E-state index is 0.603. The fraction of sp³-hybridized carbons (Fsp3) is 0. The summed E-state index contributed by atoms with van der Waals surface area (Å²) >= 11 is 1.84. The Labute approximate surface area is 287 Å². The number of benzene rings is 7. The van der Waals surface area contributed by atoms with E-state index in [1.807, 2.05) is 29.5 Å². The molecule has 232 valence electrons. The highest BCUT2D eigenvalue weighted by molar-refractivity contribution is 7.26. The predicted octanol–water partition coefficient (Wildman–Crippen LogP) is 12.6. The number of thiophene rings is 1. The summed E-state index contributed by atoms with van der Waals surface area (Å²) in [6.07, 6.45) is 0. The monoisotopic (exact) mass is 657 g/mol. The Hall–Kier alpha value is -6.50. The summed E-state index contributed by atoms with van der Waals surface area (Å²) in [5.74, 6) is 0.603. The van der Waals surface area contributed by atoms with Crippen molar-refractivity contribution in [2.24, 2.45) is 0 Å². The van der Waals surface area contributed by atoms with Crippen molar-refractivity contribution in [2.75, 3.05) is 0 Å². The molecule has 0 saturated carbocycles. The van der Waals surface area contributed by atoms with Crippen LogP contribution in [0.2, 0.25) is 0 Å². The van der Waals surface area contributed by atoms with E-state index < -0.39 is 0 Å². The Balaban J connectivity index is 1.21. The van der Waals surface area contributed by atoms with Crippen molar-refractivity contribution in [1.82, 2.24) is 14.5 Å². The molecule has 7 aromatic carbocycles. The lowest BCUT2D eigenvalue weighted by Crippen LogP contribution is -2.02. The molecule has 0 bridgehead atoms. The molecule has 6 heteroatoms. The Morgan fingerprint density at radius 3 is 2.18 bits per heavy atom. The fourth-order valence-electron chi connectivity index (χ4n) is 8.06. The second-order valence-corrected chi connectivity index (χ2v) is 14.0. The molecular weight excluding hydrogens is 635 g/mol. The molecule has 5 nitrogen and oxygen atoms in total. The van der Waals surface area contributed by atoms with Gasteiger partial charge in [0.15, 0.2) is 5.58 Å². The van der Waals surface area contributed by atoms with E-state index in [1.165, 1.54) is 36.3 Å². The van der Waals surface area contributed by atoms with Gasteiger partial charge in [0.2, 0.25) is 5.95 Å². The third-order valence-electron chi connectivity index (χ3n) is 10.2. The molecule has 50 heavy (non-hydrogen) atoms. The molecule has 0 radical (unpaired) electrons. The largest absolute Gasteiger partial charge is 0.456 e. The van der Waals surface area contributed by atoms with Gasteiger partial charge in [-0.2, -0.15) is 0 Å². The summed E-state index contributed by atoms with van der Waals surface area (Å²) in [6.45, 7) is 0. The molecular formula is C44H23N3O2S. The quantitative estimate of drug-likeness (QED) is 0.186. The average Bonchev–Trinajstić information content (AvgIpc) is 3.92. The molecule has 12 aromatic rings. The second-order valence-electron chi connectivity index (χ2n) is 12.9. The Kier molecular flexibility index (Phi) is 5.06. The van der Waals surface area contributed by atoms with Crippen molar-refractivity contribution >= 4 is 108 Å². The zero-order valence-corrected chi connectivity index (χ0v) is 27.2. The van der Waals surface area contributed by atoms with E-state index in [0.717, 1.165) is 66.1 Å². The maximum Gasteiger partial charge on any atom is 0.236 e. The van der Waals surface area contributed by atoms with Crippen LogP contribution in [0, 0.1) is 0 Å². The van der Waals surface area contributed by atoms with Crippen molar-refractivity contribution in [1.29, 1.82) is 0 Å². The highest BCUT2D eigenvalue weighted by Gasteiger charge is 2.23.